The second-order valence-corrected chi connectivity index (χ2v) is 7.57. The third-order valence-corrected chi connectivity index (χ3v) is 5.93. The highest BCUT2D eigenvalue weighted by Crippen LogP contribution is 2.20. The van der Waals surface area contributed by atoms with Crippen LogP contribution in [0.25, 0.3) is 0 Å². The van der Waals surface area contributed by atoms with Gasteiger partial charge < -0.3 is 5.32 Å². The third-order valence-electron chi connectivity index (χ3n) is 3.63. The van der Waals surface area contributed by atoms with Crippen LogP contribution < -0.4 is 5.32 Å². The summed E-state index contributed by atoms with van der Waals surface area (Å²) in [7, 11) is -3.57. The van der Waals surface area contributed by atoms with Crippen LogP contribution in [0.4, 0.5) is 10.1 Å². The Labute approximate surface area is 151 Å². The van der Waals surface area contributed by atoms with Crippen molar-refractivity contribution in [3.05, 3.63) is 58.9 Å². The summed E-state index contributed by atoms with van der Waals surface area (Å²) in [6, 6.07) is 9.39. The summed E-state index contributed by atoms with van der Waals surface area (Å²) in [5.41, 5.74) is 0.162. The summed E-state index contributed by atoms with van der Waals surface area (Å²) in [6.07, 6.45) is 0. The summed E-state index contributed by atoms with van der Waals surface area (Å²) in [4.78, 5) is 12.3. The Balaban J connectivity index is 2.21. The first-order chi connectivity index (χ1) is 11.8. The minimum atomic E-state index is -3.57. The molecule has 0 unspecified atom stereocenters. The van der Waals surface area contributed by atoms with Gasteiger partial charge in [-0.3, -0.25) is 4.79 Å². The SMILES string of the molecule is CCN(CC)S(=O)(=O)c1ccc(NC(=O)c2cc(Cl)ccc2F)cc1. The van der Waals surface area contributed by atoms with Crippen molar-refractivity contribution in [1.82, 2.24) is 4.31 Å². The third kappa shape index (κ3) is 4.36. The van der Waals surface area contributed by atoms with E-state index in [9.17, 15) is 17.6 Å². The molecule has 1 amide bonds. The number of anilines is 1. The van der Waals surface area contributed by atoms with Crippen LogP contribution in [0.2, 0.25) is 5.02 Å². The van der Waals surface area contributed by atoms with Gasteiger partial charge in [0.25, 0.3) is 5.91 Å². The maximum Gasteiger partial charge on any atom is 0.258 e. The van der Waals surface area contributed by atoms with Crippen molar-refractivity contribution >= 4 is 33.2 Å². The molecule has 0 bridgehead atoms. The lowest BCUT2D eigenvalue weighted by atomic mass is 10.2. The van der Waals surface area contributed by atoms with Crippen molar-refractivity contribution in [3.8, 4) is 0 Å². The van der Waals surface area contributed by atoms with E-state index < -0.39 is 21.7 Å². The highest BCUT2D eigenvalue weighted by atomic mass is 35.5. The summed E-state index contributed by atoms with van der Waals surface area (Å²) < 4.78 is 39.9. The Morgan fingerprint density at radius 1 is 1.12 bits per heavy atom. The molecular formula is C17H18ClFN2O3S. The maximum absolute atomic E-state index is 13.7. The molecule has 0 heterocycles. The molecule has 8 heteroatoms. The van der Waals surface area contributed by atoms with E-state index in [0.717, 1.165) is 6.07 Å². The van der Waals surface area contributed by atoms with Gasteiger partial charge in [0.05, 0.1) is 10.5 Å². The fraction of sp³-hybridized carbons (Fsp3) is 0.235. The zero-order valence-corrected chi connectivity index (χ0v) is 15.4. The summed E-state index contributed by atoms with van der Waals surface area (Å²) >= 11 is 5.77. The van der Waals surface area contributed by atoms with E-state index in [1.54, 1.807) is 13.8 Å². The zero-order valence-electron chi connectivity index (χ0n) is 13.8. The molecule has 2 aromatic carbocycles. The Morgan fingerprint density at radius 2 is 1.72 bits per heavy atom. The van der Waals surface area contributed by atoms with Crippen molar-refractivity contribution in [2.75, 3.05) is 18.4 Å². The molecule has 134 valence electrons. The van der Waals surface area contributed by atoms with E-state index in [4.69, 9.17) is 11.6 Å². The largest absolute Gasteiger partial charge is 0.322 e. The Morgan fingerprint density at radius 3 is 2.28 bits per heavy atom. The van der Waals surface area contributed by atoms with E-state index in [-0.39, 0.29) is 15.5 Å². The minimum absolute atomic E-state index is 0.128. The molecule has 0 saturated heterocycles. The molecule has 25 heavy (non-hydrogen) atoms. The average Bonchev–Trinajstić information content (AvgIpc) is 2.58. The van der Waals surface area contributed by atoms with E-state index in [2.05, 4.69) is 5.32 Å². The number of rotatable bonds is 6. The van der Waals surface area contributed by atoms with Gasteiger partial charge in [0.15, 0.2) is 0 Å². The van der Waals surface area contributed by atoms with Gasteiger partial charge in [-0.1, -0.05) is 25.4 Å². The smallest absolute Gasteiger partial charge is 0.258 e. The molecule has 0 atom stereocenters. The molecule has 0 fully saturated rings. The first-order valence-corrected chi connectivity index (χ1v) is 9.48. The number of halogens is 2. The normalized spacial score (nSPS) is 11.6. The van der Waals surface area contributed by atoms with Crippen molar-refractivity contribution in [2.24, 2.45) is 0 Å². The van der Waals surface area contributed by atoms with Crippen molar-refractivity contribution in [3.63, 3.8) is 0 Å². The summed E-state index contributed by atoms with van der Waals surface area (Å²) in [5, 5.41) is 2.76. The van der Waals surface area contributed by atoms with Gasteiger partial charge in [0.1, 0.15) is 5.82 Å². The van der Waals surface area contributed by atoms with Crippen LogP contribution in [0.5, 0.6) is 0 Å². The Bertz CT molecular complexity index is 866. The van der Waals surface area contributed by atoms with E-state index in [1.807, 2.05) is 0 Å². The molecular weight excluding hydrogens is 367 g/mol. The molecule has 0 spiro atoms. The average molecular weight is 385 g/mol. The Kier molecular flexibility index (Phi) is 6.16. The second kappa shape index (κ2) is 7.95. The minimum Gasteiger partial charge on any atom is -0.322 e. The highest BCUT2D eigenvalue weighted by Gasteiger charge is 2.21. The predicted octanol–water partition coefficient (Wildman–Crippen LogP) is 3.76. The molecule has 0 aromatic heterocycles. The number of benzene rings is 2. The number of nitrogens with zero attached hydrogens (tertiary/aromatic N) is 1. The molecule has 5 nitrogen and oxygen atoms in total. The summed E-state index contributed by atoms with van der Waals surface area (Å²) in [6.45, 7) is 4.25. The van der Waals surface area contributed by atoms with E-state index in [1.165, 1.54) is 40.7 Å². The van der Waals surface area contributed by atoms with Gasteiger partial charge in [-0.15, -0.1) is 0 Å². The fourth-order valence-electron chi connectivity index (χ4n) is 2.29. The predicted molar refractivity (Wildman–Crippen MR) is 95.9 cm³/mol. The van der Waals surface area contributed by atoms with Crippen molar-refractivity contribution in [1.29, 1.82) is 0 Å². The van der Waals surface area contributed by atoms with Gasteiger partial charge in [0, 0.05) is 23.8 Å². The number of sulfonamides is 1. The van der Waals surface area contributed by atoms with Gasteiger partial charge in [-0.05, 0) is 42.5 Å². The lowest BCUT2D eigenvalue weighted by Crippen LogP contribution is -2.30. The lowest BCUT2D eigenvalue weighted by Gasteiger charge is -2.18. The van der Waals surface area contributed by atoms with Gasteiger partial charge >= 0.3 is 0 Å². The molecule has 0 aliphatic heterocycles. The molecule has 0 saturated carbocycles. The molecule has 0 radical (unpaired) electrons. The quantitative estimate of drug-likeness (QED) is 0.824. The maximum atomic E-state index is 13.7. The molecule has 2 aromatic rings. The van der Waals surface area contributed by atoms with Gasteiger partial charge in [0.2, 0.25) is 10.0 Å². The lowest BCUT2D eigenvalue weighted by molar-refractivity contribution is 0.102. The molecule has 1 N–H and O–H groups in total. The number of hydrogen-bond acceptors (Lipinski definition) is 3. The van der Waals surface area contributed by atoms with Crippen molar-refractivity contribution in [2.45, 2.75) is 18.7 Å². The standard InChI is InChI=1S/C17H18ClFN2O3S/c1-3-21(4-2)25(23,24)14-8-6-13(7-9-14)20-17(22)15-11-12(18)5-10-16(15)19/h5-11H,3-4H2,1-2H3,(H,20,22). The number of carbonyl (C=O) groups excluding carboxylic acids is 1. The number of carbonyl (C=O) groups is 1. The Hall–Kier alpha value is -1.96. The van der Waals surface area contributed by atoms with Crippen molar-refractivity contribution < 1.29 is 17.6 Å². The zero-order chi connectivity index (χ0) is 18.6. The first kappa shape index (κ1) is 19.4. The van der Waals surface area contributed by atoms with Crippen LogP contribution in [0, 0.1) is 5.82 Å². The van der Waals surface area contributed by atoms with Crippen LogP contribution in [0.1, 0.15) is 24.2 Å². The van der Waals surface area contributed by atoms with Crippen LogP contribution in [0.3, 0.4) is 0 Å². The van der Waals surface area contributed by atoms with E-state index in [0.29, 0.717) is 18.8 Å². The molecule has 2 rings (SSSR count). The number of amides is 1. The van der Waals surface area contributed by atoms with Crippen LogP contribution in [-0.2, 0) is 10.0 Å². The van der Waals surface area contributed by atoms with Crippen LogP contribution in [0.15, 0.2) is 47.4 Å². The fourth-order valence-corrected chi connectivity index (χ4v) is 3.92. The van der Waals surface area contributed by atoms with Gasteiger partial charge in [-0.2, -0.15) is 4.31 Å². The van der Waals surface area contributed by atoms with Gasteiger partial charge in [-0.25, -0.2) is 12.8 Å². The highest BCUT2D eigenvalue weighted by molar-refractivity contribution is 7.89. The van der Waals surface area contributed by atoms with Crippen LogP contribution >= 0.6 is 11.6 Å². The summed E-state index contributed by atoms with van der Waals surface area (Å²) in [5.74, 6) is -1.36. The first-order valence-electron chi connectivity index (χ1n) is 7.66. The monoisotopic (exact) mass is 384 g/mol. The number of hydrogen-bond donors (Lipinski definition) is 1. The topological polar surface area (TPSA) is 66.5 Å². The second-order valence-electron chi connectivity index (χ2n) is 5.19. The number of nitrogens with one attached hydrogen (secondary N) is 1. The van der Waals surface area contributed by atoms with Crippen LogP contribution in [-0.4, -0.2) is 31.7 Å². The molecule has 0 aliphatic rings. The molecule has 0 aliphatic carbocycles. The van der Waals surface area contributed by atoms with E-state index >= 15 is 0 Å².